The number of aryl methyl sites for hydroxylation is 1. The lowest BCUT2D eigenvalue weighted by atomic mass is 10.3. The van der Waals surface area contributed by atoms with E-state index in [1.165, 1.54) is 6.07 Å². The third-order valence-electron chi connectivity index (χ3n) is 2.45. The Balaban J connectivity index is 2.38. The number of nitrogens with zero attached hydrogens (tertiary/aromatic N) is 3. The van der Waals surface area contributed by atoms with Gasteiger partial charge in [-0.3, -0.25) is 10.1 Å². The maximum atomic E-state index is 13.7. The normalized spacial score (nSPS) is 10.5. The number of nitro benzene ring substituents is 1. The second-order valence-corrected chi connectivity index (χ2v) is 4.70. The molecule has 0 atom stereocenters. The van der Waals surface area contributed by atoms with E-state index in [1.807, 2.05) is 6.92 Å². The Hall–Kier alpha value is -2.16. The standard InChI is InChI=1S/C12H8BrF2N3O3/c1-2-11-16-10(13)5-12(17-11)21-9-4-6(14)8(18(19)20)3-7(9)15/h3-5H,2H2,1H3. The van der Waals surface area contributed by atoms with Crippen molar-refractivity contribution in [3.63, 3.8) is 0 Å². The van der Waals surface area contributed by atoms with Crippen LogP contribution in [0.3, 0.4) is 0 Å². The molecule has 0 unspecified atom stereocenters. The van der Waals surface area contributed by atoms with Gasteiger partial charge in [-0.05, 0) is 15.9 Å². The summed E-state index contributed by atoms with van der Waals surface area (Å²) in [5.74, 6) is -2.30. The lowest BCUT2D eigenvalue weighted by molar-refractivity contribution is -0.387. The van der Waals surface area contributed by atoms with Crippen molar-refractivity contribution in [2.45, 2.75) is 13.3 Å². The first-order valence-corrected chi connectivity index (χ1v) is 6.54. The van der Waals surface area contributed by atoms with Gasteiger partial charge in [-0.1, -0.05) is 6.92 Å². The average Bonchev–Trinajstić information content (AvgIpc) is 2.41. The van der Waals surface area contributed by atoms with Crippen molar-refractivity contribution in [3.05, 3.63) is 50.4 Å². The Labute approximate surface area is 126 Å². The van der Waals surface area contributed by atoms with Gasteiger partial charge in [0.2, 0.25) is 11.7 Å². The second-order valence-electron chi connectivity index (χ2n) is 3.89. The zero-order chi connectivity index (χ0) is 15.6. The van der Waals surface area contributed by atoms with Crippen LogP contribution in [0, 0.1) is 21.7 Å². The molecule has 0 fully saturated rings. The molecule has 0 N–H and O–H groups in total. The highest BCUT2D eigenvalue weighted by Gasteiger charge is 2.20. The number of halogens is 3. The molecule has 9 heteroatoms. The molecule has 0 amide bonds. The molecule has 0 spiro atoms. The van der Waals surface area contributed by atoms with E-state index in [9.17, 15) is 18.9 Å². The number of hydrogen-bond acceptors (Lipinski definition) is 5. The minimum Gasteiger partial charge on any atom is -0.436 e. The summed E-state index contributed by atoms with van der Waals surface area (Å²) in [5, 5.41) is 10.5. The Bertz CT molecular complexity index is 712. The first-order valence-electron chi connectivity index (χ1n) is 5.75. The molecule has 0 aliphatic rings. The van der Waals surface area contributed by atoms with Crippen LogP contribution in [0.5, 0.6) is 11.6 Å². The van der Waals surface area contributed by atoms with Crippen molar-refractivity contribution in [1.82, 2.24) is 9.97 Å². The SMILES string of the molecule is CCc1nc(Br)cc(Oc2cc(F)c([N+](=O)[O-])cc2F)n1. The molecule has 110 valence electrons. The van der Waals surface area contributed by atoms with Crippen LogP contribution in [0.1, 0.15) is 12.7 Å². The minimum atomic E-state index is -1.19. The van der Waals surface area contributed by atoms with Crippen molar-refractivity contribution in [3.8, 4) is 11.6 Å². The molecule has 21 heavy (non-hydrogen) atoms. The first kappa shape index (κ1) is 15.2. The predicted octanol–water partition coefficient (Wildman–Crippen LogP) is 3.78. The maximum absolute atomic E-state index is 13.7. The molecular weight excluding hydrogens is 352 g/mol. The fourth-order valence-electron chi connectivity index (χ4n) is 1.50. The Morgan fingerprint density at radius 3 is 2.62 bits per heavy atom. The largest absolute Gasteiger partial charge is 0.436 e. The van der Waals surface area contributed by atoms with E-state index in [1.54, 1.807) is 0 Å². The fraction of sp³-hybridized carbons (Fsp3) is 0.167. The van der Waals surface area contributed by atoms with E-state index < -0.39 is 28.0 Å². The lowest BCUT2D eigenvalue weighted by Crippen LogP contribution is -1.99. The molecule has 2 rings (SSSR count). The summed E-state index contributed by atoms with van der Waals surface area (Å²) in [5.41, 5.74) is -0.960. The lowest BCUT2D eigenvalue weighted by Gasteiger charge is -2.07. The summed E-state index contributed by atoms with van der Waals surface area (Å²) < 4.78 is 32.7. The van der Waals surface area contributed by atoms with Gasteiger partial charge >= 0.3 is 5.69 Å². The van der Waals surface area contributed by atoms with Gasteiger partial charge in [0.15, 0.2) is 11.6 Å². The van der Waals surface area contributed by atoms with E-state index in [0.717, 1.165) is 0 Å². The quantitative estimate of drug-likeness (QED) is 0.471. The van der Waals surface area contributed by atoms with Crippen molar-refractivity contribution in [1.29, 1.82) is 0 Å². The Morgan fingerprint density at radius 1 is 1.29 bits per heavy atom. The highest BCUT2D eigenvalue weighted by molar-refractivity contribution is 9.10. The van der Waals surface area contributed by atoms with Crippen LogP contribution in [0.4, 0.5) is 14.5 Å². The average molecular weight is 360 g/mol. The highest BCUT2D eigenvalue weighted by atomic mass is 79.9. The molecule has 0 bridgehead atoms. The minimum absolute atomic E-state index is 0.000813. The molecule has 0 saturated carbocycles. The van der Waals surface area contributed by atoms with Gasteiger partial charge in [0.05, 0.1) is 11.0 Å². The molecule has 0 radical (unpaired) electrons. The number of hydrogen-bond donors (Lipinski definition) is 0. The number of nitro groups is 1. The van der Waals surface area contributed by atoms with Crippen molar-refractivity contribution < 1.29 is 18.4 Å². The smallest absolute Gasteiger partial charge is 0.307 e. The van der Waals surface area contributed by atoms with Gasteiger partial charge in [0, 0.05) is 18.6 Å². The van der Waals surface area contributed by atoms with E-state index in [2.05, 4.69) is 25.9 Å². The molecule has 2 aromatic rings. The topological polar surface area (TPSA) is 78.2 Å². The molecule has 1 heterocycles. The molecular formula is C12H8BrF2N3O3. The van der Waals surface area contributed by atoms with Crippen molar-refractivity contribution in [2.24, 2.45) is 0 Å². The van der Waals surface area contributed by atoms with Crippen LogP contribution in [-0.4, -0.2) is 14.9 Å². The Kier molecular flexibility index (Phi) is 4.41. The molecule has 1 aromatic heterocycles. The van der Waals surface area contributed by atoms with Gasteiger partial charge in [-0.15, -0.1) is 0 Å². The van der Waals surface area contributed by atoms with Gasteiger partial charge in [0.1, 0.15) is 10.4 Å². The third kappa shape index (κ3) is 3.48. The number of ether oxygens (including phenoxy) is 1. The van der Waals surface area contributed by atoms with Crippen LogP contribution in [0.15, 0.2) is 22.8 Å². The monoisotopic (exact) mass is 359 g/mol. The molecule has 0 aliphatic carbocycles. The number of aromatic nitrogens is 2. The van der Waals surface area contributed by atoms with E-state index in [0.29, 0.717) is 29.0 Å². The van der Waals surface area contributed by atoms with Gasteiger partial charge < -0.3 is 4.74 Å². The maximum Gasteiger partial charge on any atom is 0.307 e. The predicted molar refractivity (Wildman–Crippen MR) is 72.2 cm³/mol. The second kappa shape index (κ2) is 6.08. The van der Waals surface area contributed by atoms with E-state index >= 15 is 0 Å². The highest BCUT2D eigenvalue weighted by Crippen LogP contribution is 2.30. The summed E-state index contributed by atoms with van der Waals surface area (Å²) in [7, 11) is 0. The number of rotatable bonds is 4. The molecule has 1 aromatic carbocycles. The van der Waals surface area contributed by atoms with Gasteiger partial charge in [-0.25, -0.2) is 9.37 Å². The van der Waals surface area contributed by atoms with Crippen LogP contribution < -0.4 is 4.74 Å². The fourth-order valence-corrected chi connectivity index (χ4v) is 1.90. The van der Waals surface area contributed by atoms with Gasteiger partial charge in [0.25, 0.3) is 0 Å². The van der Waals surface area contributed by atoms with Crippen LogP contribution in [0.25, 0.3) is 0 Å². The van der Waals surface area contributed by atoms with Crippen LogP contribution in [0.2, 0.25) is 0 Å². The van der Waals surface area contributed by atoms with Crippen molar-refractivity contribution >= 4 is 21.6 Å². The molecule has 0 saturated heterocycles. The molecule has 6 nitrogen and oxygen atoms in total. The zero-order valence-electron chi connectivity index (χ0n) is 10.6. The molecule has 0 aliphatic heterocycles. The summed E-state index contributed by atoms with van der Waals surface area (Å²) >= 11 is 3.14. The van der Waals surface area contributed by atoms with Gasteiger partial charge in [-0.2, -0.15) is 9.37 Å². The van der Waals surface area contributed by atoms with Crippen molar-refractivity contribution in [2.75, 3.05) is 0 Å². The van der Waals surface area contributed by atoms with E-state index in [4.69, 9.17) is 4.74 Å². The zero-order valence-corrected chi connectivity index (χ0v) is 12.2. The third-order valence-corrected chi connectivity index (χ3v) is 2.85. The van der Waals surface area contributed by atoms with Crippen LogP contribution in [-0.2, 0) is 6.42 Å². The summed E-state index contributed by atoms with van der Waals surface area (Å²) in [4.78, 5) is 17.5. The summed E-state index contributed by atoms with van der Waals surface area (Å²) in [6.45, 7) is 1.82. The van der Waals surface area contributed by atoms with Crippen LogP contribution >= 0.6 is 15.9 Å². The Morgan fingerprint density at radius 2 is 2.00 bits per heavy atom. The first-order chi connectivity index (χ1) is 9.90. The summed E-state index contributed by atoms with van der Waals surface area (Å²) in [6, 6.07) is 2.44. The number of benzene rings is 1. The van der Waals surface area contributed by atoms with E-state index in [-0.39, 0.29) is 5.88 Å². The summed E-state index contributed by atoms with van der Waals surface area (Å²) in [6.07, 6.45) is 0.521.